The number of hydrogen-bond acceptors (Lipinski definition) is 3. The lowest BCUT2D eigenvalue weighted by Crippen LogP contribution is -2.27. The second-order valence-electron chi connectivity index (χ2n) is 5.63. The predicted octanol–water partition coefficient (Wildman–Crippen LogP) is 2.38. The minimum Gasteiger partial charge on any atom is -0.497 e. The van der Waals surface area contributed by atoms with Crippen LogP contribution in [0.2, 0.25) is 0 Å². The fourth-order valence-electron chi connectivity index (χ4n) is 3.34. The first-order valence-corrected chi connectivity index (χ1v) is 8.27. The van der Waals surface area contributed by atoms with Crippen molar-refractivity contribution in [2.75, 3.05) is 26.5 Å². The lowest BCUT2D eigenvalue weighted by atomic mass is 9.93. The second kappa shape index (κ2) is 5.25. The van der Waals surface area contributed by atoms with E-state index in [2.05, 4.69) is 18.0 Å². The molecule has 0 spiro atoms. The molecule has 3 rings (SSSR count). The van der Waals surface area contributed by atoms with E-state index in [-0.39, 0.29) is 0 Å². The lowest BCUT2D eigenvalue weighted by Gasteiger charge is -2.22. The van der Waals surface area contributed by atoms with Gasteiger partial charge in [0.2, 0.25) is 0 Å². The molecule has 0 aromatic heterocycles. The molecule has 0 amide bonds. The maximum Gasteiger partial charge on any atom is 0.119 e. The molecule has 1 aromatic carbocycles. The maximum absolute atomic E-state index is 12.2. The summed E-state index contributed by atoms with van der Waals surface area (Å²) >= 11 is 0. The van der Waals surface area contributed by atoms with Crippen molar-refractivity contribution < 1.29 is 8.95 Å². The zero-order valence-corrected chi connectivity index (χ0v) is 12.4. The average Bonchev–Trinajstić information content (AvgIpc) is 2.95. The van der Waals surface area contributed by atoms with Gasteiger partial charge < -0.3 is 9.64 Å². The van der Waals surface area contributed by atoms with Crippen LogP contribution in [-0.4, -0.2) is 41.6 Å². The van der Waals surface area contributed by atoms with E-state index in [9.17, 15) is 4.21 Å². The van der Waals surface area contributed by atoms with Crippen molar-refractivity contribution in [3.8, 4) is 5.75 Å². The molecule has 2 aliphatic rings. The molecule has 19 heavy (non-hydrogen) atoms. The number of benzene rings is 1. The smallest absolute Gasteiger partial charge is 0.119 e. The first-order valence-electron chi connectivity index (χ1n) is 6.95. The topological polar surface area (TPSA) is 29.5 Å². The van der Waals surface area contributed by atoms with Crippen molar-refractivity contribution in [1.29, 1.82) is 0 Å². The van der Waals surface area contributed by atoms with E-state index < -0.39 is 10.8 Å². The lowest BCUT2D eigenvalue weighted by molar-refractivity contribution is 0.286. The van der Waals surface area contributed by atoms with Crippen molar-refractivity contribution >= 4 is 10.8 Å². The summed E-state index contributed by atoms with van der Waals surface area (Å²) in [5.41, 5.74) is 1.25. The van der Waals surface area contributed by atoms with Gasteiger partial charge in [-0.3, -0.25) is 4.21 Å². The van der Waals surface area contributed by atoms with Gasteiger partial charge in [-0.1, -0.05) is 0 Å². The molecule has 1 fully saturated rings. The predicted molar refractivity (Wildman–Crippen MR) is 77.3 cm³/mol. The first kappa shape index (κ1) is 13.1. The molecule has 0 N–H and O–H groups in total. The molecule has 1 saturated heterocycles. The molecule has 2 heterocycles. The fraction of sp³-hybridized carbons (Fsp3) is 0.600. The monoisotopic (exact) mass is 279 g/mol. The molecular weight excluding hydrogens is 258 g/mol. The van der Waals surface area contributed by atoms with E-state index in [1.807, 2.05) is 12.1 Å². The Morgan fingerprint density at radius 2 is 2.32 bits per heavy atom. The Morgan fingerprint density at radius 3 is 3.00 bits per heavy atom. The number of fused-ring (bicyclic) bond motifs is 1. The third-order valence-corrected chi connectivity index (χ3v) is 6.05. The van der Waals surface area contributed by atoms with Crippen LogP contribution in [0, 0.1) is 0 Å². The van der Waals surface area contributed by atoms with Crippen molar-refractivity contribution in [2.24, 2.45) is 0 Å². The number of ether oxygens (including phenoxy) is 1. The third kappa shape index (κ3) is 2.43. The van der Waals surface area contributed by atoms with Crippen molar-refractivity contribution in [3.05, 3.63) is 23.8 Å². The van der Waals surface area contributed by atoms with Gasteiger partial charge in [-0.25, -0.2) is 0 Å². The summed E-state index contributed by atoms with van der Waals surface area (Å²) in [4.78, 5) is 3.47. The van der Waals surface area contributed by atoms with E-state index in [4.69, 9.17) is 4.74 Å². The molecule has 3 atom stereocenters. The summed E-state index contributed by atoms with van der Waals surface area (Å²) in [6, 6.07) is 6.63. The van der Waals surface area contributed by atoms with Crippen molar-refractivity contribution in [1.82, 2.24) is 4.90 Å². The van der Waals surface area contributed by atoms with E-state index in [0.717, 1.165) is 22.8 Å². The molecule has 3 nitrogen and oxygen atoms in total. The maximum atomic E-state index is 12.2. The van der Waals surface area contributed by atoms with Crippen LogP contribution in [0.15, 0.2) is 23.1 Å². The van der Waals surface area contributed by atoms with Crippen LogP contribution in [-0.2, 0) is 10.8 Å². The molecule has 0 bridgehead atoms. The molecule has 1 aromatic rings. The van der Waals surface area contributed by atoms with Gasteiger partial charge in [0, 0.05) is 16.7 Å². The van der Waals surface area contributed by atoms with Gasteiger partial charge in [0.05, 0.1) is 17.9 Å². The van der Waals surface area contributed by atoms with E-state index in [1.165, 1.54) is 24.9 Å². The Labute approximate surface area is 117 Å². The fourth-order valence-corrected chi connectivity index (χ4v) is 4.91. The Balaban J connectivity index is 1.84. The summed E-state index contributed by atoms with van der Waals surface area (Å²) < 4.78 is 17.5. The van der Waals surface area contributed by atoms with Crippen LogP contribution < -0.4 is 4.74 Å². The second-order valence-corrected chi connectivity index (χ2v) is 7.09. The number of hydrogen-bond donors (Lipinski definition) is 0. The molecule has 104 valence electrons. The van der Waals surface area contributed by atoms with E-state index >= 15 is 0 Å². The van der Waals surface area contributed by atoms with Gasteiger partial charge in [-0.05, 0) is 62.5 Å². The third-order valence-electron chi connectivity index (χ3n) is 4.48. The number of likely N-dealkylation sites (tertiary alicyclic amines) is 1. The van der Waals surface area contributed by atoms with Gasteiger partial charge in [0.1, 0.15) is 5.75 Å². The number of methoxy groups -OCH3 is 1. The van der Waals surface area contributed by atoms with Gasteiger partial charge in [-0.2, -0.15) is 0 Å². The van der Waals surface area contributed by atoms with Gasteiger partial charge in [-0.15, -0.1) is 0 Å². The molecule has 0 aliphatic carbocycles. The normalized spacial score (nSPS) is 30.5. The highest BCUT2D eigenvalue weighted by Crippen LogP contribution is 2.39. The molecule has 2 aliphatic heterocycles. The Hall–Kier alpha value is -0.870. The van der Waals surface area contributed by atoms with Gasteiger partial charge >= 0.3 is 0 Å². The summed E-state index contributed by atoms with van der Waals surface area (Å²) in [7, 11) is 3.07. The van der Waals surface area contributed by atoms with Crippen molar-refractivity contribution in [3.63, 3.8) is 0 Å². The van der Waals surface area contributed by atoms with Crippen LogP contribution in [0.5, 0.6) is 5.75 Å². The molecular formula is C15H21NO2S. The average molecular weight is 279 g/mol. The highest BCUT2D eigenvalue weighted by molar-refractivity contribution is 7.85. The minimum absolute atomic E-state index is 0.427. The van der Waals surface area contributed by atoms with Gasteiger partial charge in [0.25, 0.3) is 0 Å². The SMILES string of the molecule is COc1ccc2c(c1)[C@H](C[C@H]1CCCN1C)CS2=O. The first-order chi connectivity index (χ1) is 9.19. The minimum atomic E-state index is -0.823. The molecule has 1 unspecified atom stereocenters. The van der Waals surface area contributed by atoms with Crippen LogP contribution >= 0.6 is 0 Å². The van der Waals surface area contributed by atoms with E-state index in [0.29, 0.717) is 12.0 Å². The zero-order chi connectivity index (χ0) is 13.4. The van der Waals surface area contributed by atoms with E-state index in [1.54, 1.807) is 7.11 Å². The molecule has 0 radical (unpaired) electrons. The quantitative estimate of drug-likeness (QED) is 0.851. The summed E-state index contributed by atoms with van der Waals surface area (Å²) in [5, 5.41) is 0. The molecule has 4 heteroatoms. The van der Waals surface area contributed by atoms with Crippen LogP contribution in [0.25, 0.3) is 0 Å². The Morgan fingerprint density at radius 1 is 1.47 bits per heavy atom. The highest BCUT2D eigenvalue weighted by Gasteiger charge is 2.33. The number of rotatable bonds is 3. The number of nitrogens with zero attached hydrogens (tertiary/aromatic N) is 1. The van der Waals surface area contributed by atoms with Gasteiger partial charge in [0.15, 0.2) is 0 Å². The highest BCUT2D eigenvalue weighted by atomic mass is 32.2. The van der Waals surface area contributed by atoms with Crippen LogP contribution in [0.4, 0.5) is 0 Å². The van der Waals surface area contributed by atoms with Crippen LogP contribution in [0.3, 0.4) is 0 Å². The summed E-state index contributed by atoms with van der Waals surface area (Å²) in [5.74, 6) is 2.09. The van der Waals surface area contributed by atoms with Crippen LogP contribution in [0.1, 0.15) is 30.7 Å². The Kier molecular flexibility index (Phi) is 3.63. The summed E-state index contributed by atoms with van der Waals surface area (Å²) in [6.45, 7) is 1.20. The standard InChI is InChI=1S/C15H21NO2S/c1-16-7-3-4-12(16)8-11-10-19(17)15-6-5-13(18-2)9-14(11)15/h5-6,9,11-12H,3-4,7-8,10H2,1-2H3/t11-,12-,19?/m1/s1. The zero-order valence-electron chi connectivity index (χ0n) is 11.6. The Bertz CT molecular complexity index is 503. The summed E-state index contributed by atoms with van der Waals surface area (Å²) in [6.07, 6.45) is 3.70. The largest absolute Gasteiger partial charge is 0.497 e. The molecule has 0 saturated carbocycles. The van der Waals surface area contributed by atoms with Crippen molar-refractivity contribution in [2.45, 2.75) is 36.1 Å².